The Morgan fingerprint density at radius 3 is 2.88 bits per heavy atom. The first kappa shape index (κ1) is 12.4. The van der Waals surface area contributed by atoms with Gasteiger partial charge in [0, 0.05) is 6.07 Å². The van der Waals surface area contributed by atoms with E-state index in [1.807, 2.05) is 0 Å². The van der Waals surface area contributed by atoms with Gasteiger partial charge in [-0.3, -0.25) is 4.79 Å². The number of hydrogen-bond acceptors (Lipinski definition) is 6. The normalized spacial score (nSPS) is 10.3. The first-order valence-electron chi connectivity index (χ1n) is 4.48. The SMILES string of the molecule is Cc1nc(Cl)cc(Nc2ncc(C(=O)Br)s2)n1. The van der Waals surface area contributed by atoms with Crippen molar-refractivity contribution in [2.75, 3.05) is 5.32 Å². The lowest BCUT2D eigenvalue weighted by Gasteiger charge is -2.02. The van der Waals surface area contributed by atoms with E-state index < -0.39 is 0 Å². The summed E-state index contributed by atoms with van der Waals surface area (Å²) in [7, 11) is 0. The lowest BCUT2D eigenvalue weighted by molar-refractivity contribution is 0.109. The summed E-state index contributed by atoms with van der Waals surface area (Å²) in [4.78, 5) is 23.7. The topological polar surface area (TPSA) is 67.8 Å². The van der Waals surface area contributed by atoms with Gasteiger partial charge in [0.1, 0.15) is 21.7 Å². The van der Waals surface area contributed by atoms with Gasteiger partial charge in [0.25, 0.3) is 0 Å². The first-order valence-corrected chi connectivity index (χ1v) is 6.47. The van der Waals surface area contributed by atoms with Gasteiger partial charge in [-0.15, -0.1) is 0 Å². The van der Waals surface area contributed by atoms with E-state index >= 15 is 0 Å². The van der Waals surface area contributed by atoms with Crippen molar-refractivity contribution >= 4 is 54.5 Å². The van der Waals surface area contributed by atoms with Crippen LogP contribution in [0.4, 0.5) is 10.9 Å². The van der Waals surface area contributed by atoms with E-state index in [1.165, 1.54) is 17.5 Å². The molecule has 0 spiro atoms. The zero-order chi connectivity index (χ0) is 12.4. The minimum absolute atomic E-state index is 0.194. The fourth-order valence-corrected chi connectivity index (χ4v) is 2.35. The Morgan fingerprint density at radius 1 is 1.53 bits per heavy atom. The minimum atomic E-state index is -0.194. The lowest BCUT2D eigenvalue weighted by Crippen LogP contribution is -1.96. The summed E-state index contributed by atoms with van der Waals surface area (Å²) >= 11 is 9.89. The highest BCUT2D eigenvalue weighted by molar-refractivity contribution is 9.18. The number of aromatic nitrogens is 3. The summed E-state index contributed by atoms with van der Waals surface area (Å²) in [5.41, 5.74) is 0. The molecule has 88 valence electrons. The van der Waals surface area contributed by atoms with Crippen LogP contribution < -0.4 is 5.32 Å². The summed E-state index contributed by atoms with van der Waals surface area (Å²) in [5.74, 6) is 1.11. The summed E-state index contributed by atoms with van der Waals surface area (Å²) in [6, 6.07) is 1.59. The molecule has 0 bridgehead atoms. The maximum absolute atomic E-state index is 11.0. The van der Waals surface area contributed by atoms with E-state index in [-0.39, 0.29) is 4.69 Å². The molecule has 0 saturated carbocycles. The Bertz CT molecular complexity index is 554. The molecule has 8 heteroatoms. The zero-order valence-corrected chi connectivity index (χ0v) is 11.7. The van der Waals surface area contributed by atoms with Gasteiger partial charge in [-0.25, -0.2) is 15.0 Å². The molecule has 0 unspecified atom stereocenters. The number of thiazole rings is 1. The second-order valence-electron chi connectivity index (χ2n) is 3.05. The van der Waals surface area contributed by atoms with Gasteiger partial charge in [0.05, 0.1) is 6.20 Å². The summed E-state index contributed by atoms with van der Waals surface area (Å²) < 4.78 is -0.194. The standard InChI is InChI=1S/C9H6BrClN4OS/c1-4-13-6(11)2-7(14-4)15-9-12-3-5(17-9)8(10)16/h2-3H,1H3,(H,12,13,14,15). The number of aryl methyl sites for hydroxylation is 1. The van der Waals surface area contributed by atoms with Crippen LogP contribution in [0.5, 0.6) is 0 Å². The summed E-state index contributed by atoms with van der Waals surface area (Å²) in [5, 5.41) is 3.89. The van der Waals surface area contributed by atoms with E-state index in [2.05, 4.69) is 36.2 Å². The van der Waals surface area contributed by atoms with Crippen LogP contribution in [-0.2, 0) is 0 Å². The second kappa shape index (κ2) is 5.07. The predicted octanol–water partition coefficient (Wildman–Crippen LogP) is 3.17. The van der Waals surface area contributed by atoms with Crippen molar-refractivity contribution in [2.24, 2.45) is 0 Å². The van der Waals surface area contributed by atoms with E-state index in [0.29, 0.717) is 26.8 Å². The molecule has 0 amide bonds. The average Bonchev–Trinajstić information content (AvgIpc) is 2.64. The van der Waals surface area contributed by atoms with Crippen LogP contribution in [-0.4, -0.2) is 19.6 Å². The summed E-state index contributed by atoms with van der Waals surface area (Å²) in [6.07, 6.45) is 1.49. The van der Waals surface area contributed by atoms with Crippen LogP contribution in [0.2, 0.25) is 5.15 Å². The van der Waals surface area contributed by atoms with Crippen molar-refractivity contribution in [3.8, 4) is 0 Å². The monoisotopic (exact) mass is 332 g/mol. The van der Waals surface area contributed by atoms with Gasteiger partial charge in [0.15, 0.2) is 5.13 Å². The van der Waals surface area contributed by atoms with Gasteiger partial charge in [-0.1, -0.05) is 22.9 Å². The van der Waals surface area contributed by atoms with Crippen LogP contribution in [0.1, 0.15) is 15.5 Å². The van der Waals surface area contributed by atoms with Crippen molar-refractivity contribution in [3.05, 3.63) is 28.1 Å². The molecule has 0 aliphatic rings. The smallest absolute Gasteiger partial charge is 0.239 e. The Hall–Kier alpha value is -1.05. The van der Waals surface area contributed by atoms with Crippen LogP contribution in [0.15, 0.2) is 12.3 Å². The zero-order valence-electron chi connectivity index (χ0n) is 8.57. The van der Waals surface area contributed by atoms with Gasteiger partial charge in [-0.05, 0) is 22.9 Å². The Labute approximate surface area is 114 Å². The van der Waals surface area contributed by atoms with E-state index in [9.17, 15) is 4.79 Å². The minimum Gasteiger partial charge on any atom is -0.316 e. The third-order valence-corrected chi connectivity index (χ3v) is 3.54. The number of carbonyl (C=O) groups is 1. The molecule has 0 atom stereocenters. The highest BCUT2D eigenvalue weighted by Crippen LogP contribution is 2.24. The molecule has 0 aliphatic carbocycles. The van der Waals surface area contributed by atoms with Crippen molar-refractivity contribution in [1.82, 2.24) is 15.0 Å². The number of nitrogens with zero attached hydrogens (tertiary/aromatic N) is 3. The Morgan fingerprint density at radius 2 is 2.29 bits per heavy atom. The van der Waals surface area contributed by atoms with E-state index in [1.54, 1.807) is 13.0 Å². The van der Waals surface area contributed by atoms with E-state index in [0.717, 1.165) is 0 Å². The number of halogens is 2. The molecule has 0 saturated heterocycles. The molecule has 5 nitrogen and oxygen atoms in total. The molecule has 2 aromatic heterocycles. The van der Waals surface area contributed by atoms with Gasteiger partial charge >= 0.3 is 0 Å². The molecule has 0 radical (unpaired) electrons. The molecular formula is C9H6BrClN4OS. The molecule has 1 N–H and O–H groups in total. The number of hydrogen-bond donors (Lipinski definition) is 1. The molecule has 2 aromatic rings. The maximum Gasteiger partial charge on any atom is 0.239 e. The Kier molecular flexibility index (Phi) is 3.70. The lowest BCUT2D eigenvalue weighted by atomic mass is 10.5. The fraction of sp³-hybridized carbons (Fsp3) is 0.111. The molecule has 17 heavy (non-hydrogen) atoms. The highest BCUT2D eigenvalue weighted by Gasteiger charge is 2.08. The molecular weight excluding hydrogens is 328 g/mol. The molecule has 0 aliphatic heterocycles. The second-order valence-corrected chi connectivity index (χ2v) is 5.19. The van der Waals surface area contributed by atoms with Crippen molar-refractivity contribution in [3.63, 3.8) is 0 Å². The quantitative estimate of drug-likeness (QED) is 0.690. The van der Waals surface area contributed by atoms with Gasteiger partial charge in [-0.2, -0.15) is 0 Å². The first-order chi connectivity index (χ1) is 8.04. The molecule has 0 aromatic carbocycles. The number of carbonyl (C=O) groups excluding carboxylic acids is 1. The van der Waals surface area contributed by atoms with Crippen LogP contribution in [0, 0.1) is 6.92 Å². The molecule has 0 fully saturated rings. The van der Waals surface area contributed by atoms with Crippen LogP contribution in [0.25, 0.3) is 0 Å². The summed E-state index contributed by atoms with van der Waals surface area (Å²) in [6.45, 7) is 1.74. The van der Waals surface area contributed by atoms with Crippen molar-refractivity contribution in [2.45, 2.75) is 6.92 Å². The van der Waals surface area contributed by atoms with Gasteiger partial charge < -0.3 is 5.32 Å². The third kappa shape index (κ3) is 3.21. The largest absolute Gasteiger partial charge is 0.316 e. The van der Waals surface area contributed by atoms with Crippen LogP contribution >= 0.6 is 38.9 Å². The maximum atomic E-state index is 11.0. The van der Waals surface area contributed by atoms with E-state index in [4.69, 9.17) is 11.6 Å². The Balaban J connectivity index is 2.22. The van der Waals surface area contributed by atoms with Crippen molar-refractivity contribution in [1.29, 1.82) is 0 Å². The average molecular weight is 334 g/mol. The predicted molar refractivity (Wildman–Crippen MR) is 70.4 cm³/mol. The number of anilines is 2. The number of nitrogens with one attached hydrogen (secondary N) is 1. The molecule has 2 rings (SSSR count). The van der Waals surface area contributed by atoms with Crippen LogP contribution in [0.3, 0.4) is 0 Å². The third-order valence-electron chi connectivity index (χ3n) is 1.74. The van der Waals surface area contributed by atoms with Gasteiger partial charge in [0.2, 0.25) is 4.69 Å². The fourth-order valence-electron chi connectivity index (χ4n) is 1.13. The van der Waals surface area contributed by atoms with Crippen molar-refractivity contribution < 1.29 is 4.79 Å². The number of rotatable bonds is 3. The highest BCUT2D eigenvalue weighted by atomic mass is 79.9. The molecule has 2 heterocycles.